The third-order valence-electron chi connectivity index (χ3n) is 1.10. The lowest BCUT2D eigenvalue weighted by molar-refractivity contribution is -0.410. The van der Waals surface area contributed by atoms with Gasteiger partial charge in [0.05, 0.1) is 4.92 Å². The number of hydrogen-bond donors (Lipinski definition) is 0. The van der Waals surface area contributed by atoms with E-state index in [1.807, 2.05) is 0 Å². The fraction of sp³-hybridized carbons (Fsp3) is 0.600. The molecule has 0 unspecified atom stereocenters. The topological polar surface area (TPSA) is 43.1 Å². The molecule has 1 aliphatic rings. The molecule has 0 aromatic heterocycles. The fourth-order valence-corrected chi connectivity index (χ4v) is 1.53. The molecule has 0 saturated heterocycles. The molecule has 0 radical (unpaired) electrons. The van der Waals surface area contributed by atoms with Gasteiger partial charge in [0.2, 0.25) is 0 Å². The van der Waals surface area contributed by atoms with Crippen LogP contribution in [0.4, 0.5) is 0 Å². The summed E-state index contributed by atoms with van der Waals surface area (Å²) in [7, 11) is 0. The largest absolute Gasteiger partial charge is 0.299 e. The Kier molecular flexibility index (Phi) is 2.10. The number of rotatable bonds is 1. The van der Waals surface area contributed by atoms with E-state index in [0.29, 0.717) is 5.03 Å². The van der Waals surface area contributed by atoms with Crippen molar-refractivity contribution in [3.05, 3.63) is 21.2 Å². The molecule has 9 heavy (non-hydrogen) atoms. The Morgan fingerprint density at radius 1 is 1.78 bits per heavy atom. The third-order valence-corrected chi connectivity index (χ3v) is 2.20. The highest BCUT2D eigenvalue weighted by molar-refractivity contribution is 8.02. The molecule has 0 spiro atoms. The van der Waals surface area contributed by atoms with E-state index in [9.17, 15) is 10.1 Å². The second-order valence-electron chi connectivity index (χ2n) is 1.79. The maximum Gasteiger partial charge on any atom is 0.299 e. The second-order valence-corrected chi connectivity index (χ2v) is 2.91. The van der Waals surface area contributed by atoms with Crippen LogP contribution >= 0.6 is 11.8 Å². The summed E-state index contributed by atoms with van der Waals surface area (Å²) in [4.78, 5) is 9.76. The molecule has 0 bridgehead atoms. The molecule has 1 rings (SSSR count). The smallest absolute Gasteiger partial charge is 0.258 e. The molecule has 0 aliphatic carbocycles. The Labute approximate surface area is 57.3 Å². The zero-order chi connectivity index (χ0) is 6.69. The molecule has 0 aromatic carbocycles. The quantitative estimate of drug-likeness (QED) is 0.416. The minimum atomic E-state index is -0.316. The first-order valence-corrected chi connectivity index (χ1v) is 3.76. The number of thioether (sulfide) groups is 1. The van der Waals surface area contributed by atoms with E-state index in [4.69, 9.17) is 0 Å². The van der Waals surface area contributed by atoms with Crippen LogP contribution in [-0.4, -0.2) is 10.7 Å². The molecular weight excluding hydrogens is 138 g/mol. The summed E-state index contributed by atoms with van der Waals surface area (Å²) < 4.78 is 0. The van der Waals surface area contributed by atoms with Crippen molar-refractivity contribution >= 4 is 11.8 Å². The highest BCUT2D eigenvalue weighted by Crippen LogP contribution is 2.23. The molecule has 1 aliphatic heterocycles. The third kappa shape index (κ3) is 1.71. The van der Waals surface area contributed by atoms with Crippen LogP contribution in [0.25, 0.3) is 0 Å². The van der Waals surface area contributed by atoms with Crippen LogP contribution in [0.2, 0.25) is 0 Å². The summed E-state index contributed by atoms with van der Waals surface area (Å²) in [6.45, 7) is 0. The van der Waals surface area contributed by atoms with Crippen molar-refractivity contribution in [1.82, 2.24) is 0 Å². The van der Waals surface area contributed by atoms with Crippen LogP contribution in [-0.2, 0) is 0 Å². The maximum absolute atomic E-state index is 10.1. The monoisotopic (exact) mass is 145 g/mol. The van der Waals surface area contributed by atoms with Crippen LogP contribution in [0.15, 0.2) is 11.1 Å². The molecule has 50 valence electrons. The summed E-state index contributed by atoms with van der Waals surface area (Å²) in [5.41, 5.74) is 0. The van der Waals surface area contributed by atoms with Crippen LogP contribution in [0.1, 0.15) is 12.8 Å². The Balaban J connectivity index is 2.57. The summed E-state index contributed by atoms with van der Waals surface area (Å²) in [5.74, 6) is 0.896. The molecule has 1 heterocycles. The Morgan fingerprint density at radius 3 is 2.89 bits per heavy atom. The summed E-state index contributed by atoms with van der Waals surface area (Å²) in [6, 6.07) is 0. The van der Waals surface area contributed by atoms with Gasteiger partial charge in [0, 0.05) is 11.8 Å². The van der Waals surface area contributed by atoms with Crippen LogP contribution in [0, 0.1) is 10.1 Å². The lowest BCUT2D eigenvalue weighted by Gasteiger charge is -2.02. The SMILES string of the molecule is O=[N+]([O-])C1=CCCCS1. The highest BCUT2D eigenvalue weighted by Gasteiger charge is 2.13. The van der Waals surface area contributed by atoms with Gasteiger partial charge < -0.3 is 0 Å². The highest BCUT2D eigenvalue weighted by atomic mass is 32.2. The van der Waals surface area contributed by atoms with Crippen LogP contribution < -0.4 is 0 Å². The minimum Gasteiger partial charge on any atom is -0.258 e. The van der Waals surface area contributed by atoms with Crippen molar-refractivity contribution < 1.29 is 4.92 Å². The molecule has 0 aromatic rings. The van der Waals surface area contributed by atoms with E-state index >= 15 is 0 Å². The van der Waals surface area contributed by atoms with Crippen LogP contribution in [0.5, 0.6) is 0 Å². The van der Waals surface area contributed by atoms with Gasteiger partial charge in [0.15, 0.2) is 0 Å². The van der Waals surface area contributed by atoms with Gasteiger partial charge in [-0.15, -0.1) is 0 Å². The molecular formula is C5H7NO2S. The zero-order valence-corrected chi connectivity index (χ0v) is 5.69. The second kappa shape index (κ2) is 2.87. The fourth-order valence-electron chi connectivity index (χ4n) is 0.672. The molecule has 0 atom stereocenters. The lowest BCUT2D eigenvalue weighted by atomic mass is 10.3. The van der Waals surface area contributed by atoms with Crippen molar-refractivity contribution in [2.75, 3.05) is 5.75 Å². The Hall–Kier alpha value is -0.510. The van der Waals surface area contributed by atoms with E-state index in [2.05, 4.69) is 0 Å². The van der Waals surface area contributed by atoms with Gasteiger partial charge in [-0.05, 0) is 12.8 Å². The van der Waals surface area contributed by atoms with Gasteiger partial charge in [-0.2, -0.15) is 0 Å². The minimum absolute atomic E-state index is 0.316. The molecule has 4 heteroatoms. The number of nitro groups is 1. The number of allylic oxidation sites excluding steroid dienone is 1. The standard InChI is InChI=1S/C5H7NO2S/c7-6(8)5-3-1-2-4-9-5/h3H,1-2,4H2. The average molecular weight is 145 g/mol. The van der Waals surface area contributed by atoms with Gasteiger partial charge in [0.25, 0.3) is 5.03 Å². The van der Waals surface area contributed by atoms with Crippen molar-refractivity contribution in [3.8, 4) is 0 Å². The molecule has 3 nitrogen and oxygen atoms in total. The van der Waals surface area contributed by atoms with Crippen LogP contribution in [0.3, 0.4) is 0 Å². The van der Waals surface area contributed by atoms with Gasteiger partial charge in [0.1, 0.15) is 0 Å². The summed E-state index contributed by atoms with van der Waals surface area (Å²) >= 11 is 1.33. The Morgan fingerprint density at radius 2 is 2.56 bits per heavy atom. The average Bonchev–Trinajstić information content (AvgIpc) is 1.90. The number of hydrogen-bond acceptors (Lipinski definition) is 3. The predicted octanol–water partition coefficient (Wildman–Crippen LogP) is 1.63. The van der Waals surface area contributed by atoms with E-state index in [-0.39, 0.29) is 4.92 Å². The lowest BCUT2D eigenvalue weighted by Crippen LogP contribution is -1.99. The van der Waals surface area contributed by atoms with Gasteiger partial charge in [-0.1, -0.05) is 11.8 Å². The zero-order valence-electron chi connectivity index (χ0n) is 4.87. The Bertz CT molecular complexity index is 155. The first kappa shape index (κ1) is 6.61. The van der Waals surface area contributed by atoms with E-state index in [0.717, 1.165) is 18.6 Å². The summed E-state index contributed by atoms with van der Waals surface area (Å²) in [5, 5.41) is 10.4. The van der Waals surface area contributed by atoms with Gasteiger partial charge >= 0.3 is 0 Å². The van der Waals surface area contributed by atoms with E-state index in [1.54, 1.807) is 6.08 Å². The first-order chi connectivity index (χ1) is 4.30. The molecule has 0 saturated carbocycles. The van der Waals surface area contributed by atoms with E-state index in [1.165, 1.54) is 11.8 Å². The van der Waals surface area contributed by atoms with E-state index < -0.39 is 0 Å². The number of nitrogens with zero attached hydrogens (tertiary/aromatic N) is 1. The van der Waals surface area contributed by atoms with Crippen molar-refractivity contribution in [1.29, 1.82) is 0 Å². The van der Waals surface area contributed by atoms with Gasteiger partial charge in [-0.3, -0.25) is 10.1 Å². The normalized spacial score (nSPS) is 18.9. The van der Waals surface area contributed by atoms with Crippen molar-refractivity contribution in [2.45, 2.75) is 12.8 Å². The van der Waals surface area contributed by atoms with Gasteiger partial charge in [-0.25, -0.2) is 0 Å². The molecule has 0 N–H and O–H groups in total. The van der Waals surface area contributed by atoms with Crippen molar-refractivity contribution in [3.63, 3.8) is 0 Å². The summed E-state index contributed by atoms with van der Waals surface area (Å²) in [6.07, 6.45) is 3.62. The predicted molar refractivity (Wildman–Crippen MR) is 36.8 cm³/mol. The molecule has 0 fully saturated rings. The van der Waals surface area contributed by atoms with Crippen molar-refractivity contribution in [2.24, 2.45) is 0 Å². The maximum atomic E-state index is 10.1. The molecule has 0 amide bonds. The first-order valence-electron chi connectivity index (χ1n) is 2.78.